The molecule has 14 heteroatoms. The van der Waals surface area contributed by atoms with E-state index in [9.17, 15) is 35.9 Å². The summed E-state index contributed by atoms with van der Waals surface area (Å²) in [5.41, 5.74) is -1.67. The molecular formula is C29H21F6N3O4S. The number of carbonyl (C=O) groups excluding carboxylic acids is 2. The van der Waals surface area contributed by atoms with E-state index in [0.29, 0.717) is 6.42 Å². The highest BCUT2D eigenvalue weighted by Crippen LogP contribution is 2.38. The lowest BCUT2D eigenvalue weighted by Crippen LogP contribution is -2.36. The molecule has 1 saturated heterocycles. The van der Waals surface area contributed by atoms with Crippen LogP contribution in [0, 0.1) is 0 Å². The van der Waals surface area contributed by atoms with Gasteiger partial charge in [0.25, 0.3) is 5.91 Å². The van der Waals surface area contributed by atoms with Crippen LogP contribution in [0.1, 0.15) is 11.1 Å². The first-order valence-corrected chi connectivity index (χ1v) is 13.2. The minimum absolute atomic E-state index is 0.0220. The average Bonchev–Trinajstić information content (AvgIpc) is 3.17. The van der Waals surface area contributed by atoms with Crippen LogP contribution in [0.2, 0.25) is 0 Å². The summed E-state index contributed by atoms with van der Waals surface area (Å²) in [5, 5.41) is 8.01. The Hall–Kier alpha value is -4.59. The number of pyridine rings is 1. The Morgan fingerprint density at radius 2 is 1.47 bits per heavy atom. The Labute approximate surface area is 244 Å². The number of benzene rings is 3. The lowest BCUT2D eigenvalue weighted by Gasteiger charge is -2.22. The summed E-state index contributed by atoms with van der Waals surface area (Å²) >= 11 is -0.245. The normalized spacial score (nSPS) is 15.4. The van der Waals surface area contributed by atoms with Gasteiger partial charge in [-0.1, -0.05) is 48.5 Å². The first kappa shape index (κ1) is 31.3. The quantitative estimate of drug-likeness (QED) is 0.141. The SMILES string of the molecule is O=C(O)C(F)(F)F.O=C1[C@@H](Cc2ccccc2)N(Cc2ccnc3ccccc23)C(=O)N1c1ccc(SC(F)(F)F)cc1. The highest BCUT2D eigenvalue weighted by Gasteiger charge is 2.46. The van der Waals surface area contributed by atoms with Crippen molar-refractivity contribution in [2.24, 2.45) is 0 Å². The van der Waals surface area contributed by atoms with Crippen LogP contribution in [0.4, 0.5) is 36.8 Å². The van der Waals surface area contributed by atoms with E-state index < -0.39 is 35.6 Å². The van der Waals surface area contributed by atoms with Crippen molar-refractivity contribution in [1.82, 2.24) is 9.88 Å². The summed E-state index contributed by atoms with van der Waals surface area (Å²) in [6.07, 6.45) is -3.10. The molecule has 1 aliphatic heterocycles. The van der Waals surface area contributed by atoms with E-state index in [0.717, 1.165) is 26.9 Å². The number of imide groups is 1. The summed E-state index contributed by atoms with van der Waals surface area (Å²) in [7, 11) is 0. The third-order valence-electron chi connectivity index (χ3n) is 6.24. The minimum Gasteiger partial charge on any atom is -0.475 e. The summed E-state index contributed by atoms with van der Waals surface area (Å²) in [6.45, 7) is 0.184. The van der Waals surface area contributed by atoms with Crippen molar-refractivity contribution in [2.75, 3.05) is 4.90 Å². The lowest BCUT2D eigenvalue weighted by molar-refractivity contribution is -0.192. The van der Waals surface area contributed by atoms with Gasteiger partial charge in [-0.15, -0.1) is 0 Å². The number of hydrogen-bond acceptors (Lipinski definition) is 5. The number of para-hydroxylation sites is 1. The predicted molar refractivity (Wildman–Crippen MR) is 146 cm³/mol. The van der Waals surface area contributed by atoms with E-state index >= 15 is 0 Å². The molecular weight excluding hydrogens is 600 g/mol. The molecule has 1 fully saturated rings. The van der Waals surface area contributed by atoms with Crippen LogP contribution in [0.25, 0.3) is 10.9 Å². The number of rotatable bonds is 6. The Kier molecular flexibility index (Phi) is 9.28. The largest absolute Gasteiger partial charge is 0.490 e. The Bertz CT molecular complexity index is 1610. The monoisotopic (exact) mass is 621 g/mol. The molecule has 5 rings (SSSR count). The second-order valence-corrected chi connectivity index (χ2v) is 10.3. The number of anilines is 1. The zero-order valence-corrected chi connectivity index (χ0v) is 22.7. The summed E-state index contributed by atoms with van der Waals surface area (Å²) in [4.78, 5) is 43.0. The predicted octanol–water partition coefficient (Wildman–Crippen LogP) is 7.06. The zero-order chi connectivity index (χ0) is 31.4. The van der Waals surface area contributed by atoms with E-state index in [1.54, 1.807) is 6.20 Å². The van der Waals surface area contributed by atoms with Crippen LogP contribution < -0.4 is 4.90 Å². The summed E-state index contributed by atoms with van der Waals surface area (Å²) in [6, 6.07) is 22.8. The first-order chi connectivity index (χ1) is 20.2. The number of carboxylic acid groups (broad SMARTS) is 1. The van der Waals surface area contributed by atoms with Crippen LogP contribution in [-0.4, -0.2) is 50.6 Å². The molecule has 0 spiro atoms. The molecule has 3 aromatic carbocycles. The molecule has 0 bridgehead atoms. The molecule has 1 aliphatic rings. The van der Waals surface area contributed by atoms with Gasteiger partial charge in [0.2, 0.25) is 0 Å². The molecule has 4 aromatic rings. The summed E-state index contributed by atoms with van der Waals surface area (Å²) in [5.74, 6) is -3.18. The van der Waals surface area contributed by atoms with Crippen LogP contribution in [0.15, 0.2) is 96.0 Å². The van der Waals surface area contributed by atoms with Crippen LogP contribution in [-0.2, 0) is 22.6 Å². The summed E-state index contributed by atoms with van der Waals surface area (Å²) < 4.78 is 69.9. The number of urea groups is 1. The molecule has 0 radical (unpaired) electrons. The number of carbonyl (C=O) groups is 3. The zero-order valence-electron chi connectivity index (χ0n) is 21.8. The molecule has 0 aliphatic carbocycles. The fourth-order valence-corrected chi connectivity index (χ4v) is 4.90. The van der Waals surface area contributed by atoms with E-state index in [2.05, 4.69) is 4.98 Å². The van der Waals surface area contributed by atoms with Crippen LogP contribution in [0.5, 0.6) is 0 Å². The molecule has 7 nitrogen and oxygen atoms in total. The van der Waals surface area contributed by atoms with Gasteiger partial charge in [-0.3, -0.25) is 9.78 Å². The maximum atomic E-state index is 13.6. The third-order valence-corrected chi connectivity index (χ3v) is 6.98. The molecule has 3 amide bonds. The van der Waals surface area contributed by atoms with E-state index in [1.165, 1.54) is 29.2 Å². The highest BCUT2D eigenvalue weighted by molar-refractivity contribution is 8.00. The third kappa shape index (κ3) is 7.83. The fourth-order valence-electron chi connectivity index (χ4n) is 4.36. The standard InChI is InChI=1S/C27H20F3N3O2S.C2HF3O2/c28-27(29,30)36-21-12-10-20(11-13-21)33-25(34)24(16-18-6-2-1-3-7-18)32(26(33)35)17-19-14-15-31-23-9-5-4-8-22(19)23;3-2(4,5)1(6)7/h1-15,24H,16-17H2;(H,6,7)/t24-;/m1./s1. The van der Waals surface area contributed by atoms with Gasteiger partial charge < -0.3 is 10.0 Å². The topological polar surface area (TPSA) is 90.8 Å². The van der Waals surface area contributed by atoms with Crippen molar-refractivity contribution in [2.45, 2.75) is 35.6 Å². The van der Waals surface area contributed by atoms with E-state index in [-0.39, 0.29) is 28.9 Å². The van der Waals surface area contributed by atoms with Gasteiger partial charge in [-0.2, -0.15) is 26.3 Å². The Morgan fingerprint density at radius 1 is 0.860 bits per heavy atom. The van der Waals surface area contributed by atoms with Crippen molar-refractivity contribution >= 4 is 46.3 Å². The minimum atomic E-state index is -5.08. The number of aromatic nitrogens is 1. The smallest absolute Gasteiger partial charge is 0.475 e. The van der Waals surface area contributed by atoms with E-state index in [4.69, 9.17) is 9.90 Å². The molecule has 1 atom stereocenters. The number of aliphatic carboxylic acids is 1. The number of halogens is 6. The van der Waals surface area contributed by atoms with Gasteiger partial charge in [0.05, 0.1) is 11.2 Å². The fraction of sp³-hybridized carbons (Fsp3) is 0.172. The maximum absolute atomic E-state index is 13.6. The second-order valence-electron chi connectivity index (χ2n) is 9.12. The van der Waals surface area contributed by atoms with Crippen molar-refractivity contribution < 1.29 is 45.8 Å². The molecule has 224 valence electrons. The maximum Gasteiger partial charge on any atom is 0.490 e. The van der Waals surface area contributed by atoms with Gasteiger partial charge in [0.1, 0.15) is 6.04 Å². The van der Waals surface area contributed by atoms with Crippen molar-refractivity contribution in [3.8, 4) is 0 Å². The number of thioether (sulfide) groups is 1. The molecule has 43 heavy (non-hydrogen) atoms. The Morgan fingerprint density at radius 3 is 2.07 bits per heavy atom. The number of amides is 3. The van der Waals surface area contributed by atoms with Crippen molar-refractivity contribution in [3.63, 3.8) is 0 Å². The van der Waals surface area contributed by atoms with Gasteiger partial charge in [0.15, 0.2) is 0 Å². The second kappa shape index (κ2) is 12.7. The highest BCUT2D eigenvalue weighted by atomic mass is 32.2. The average molecular weight is 622 g/mol. The molecule has 0 saturated carbocycles. The number of carboxylic acids is 1. The van der Waals surface area contributed by atoms with Gasteiger partial charge in [-0.05, 0) is 59.3 Å². The van der Waals surface area contributed by atoms with Gasteiger partial charge in [-0.25, -0.2) is 14.5 Å². The first-order valence-electron chi connectivity index (χ1n) is 12.4. The number of nitrogens with zero attached hydrogens (tertiary/aromatic N) is 3. The number of fused-ring (bicyclic) bond motifs is 1. The van der Waals surface area contributed by atoms with Crippen LogP contribution >= 0.6 is 11.8 Å². The van der Waals surface area contributed by atoms with Gasteiger partial charge in [0, 0.05) is 29.4 Å². The van der Waals surface area contributed by atoms with E-state index in [1.807, 2.05) is 60.7 Å². The molecule has 0 unspecified atom stereocenters. The van der Waals surface area contributed by atoms with Crippen molar-refractivity contribution in [1.29, 1.82) is 0 Å². The molecule has 1 aromatic heterocycles. The van der Waals surface area contributed by atoms with Crippen LogP contribution in [0.3, 0.4) is 0 Å². The lowest BCUT2D eigenvalue weighted by atomic mass is 10.0. The van der Waals surface area contributed by atoms with Gasteiger partial charge >= 0.3 is 23.7 Å². The number of alkyl halides is 6. The molecule has 1 N–H and O–H groups in total. The van der Waals surface area contributed by atoms with Crippen molar-refractivity contribution in [3.05, 3.63) is 102 Å². The Balaban J connectivity index is 0.000000541. The number of hydrogen-bond donors (Lipinski definition) is 1. The molecule has 2 heterocycles.